The number of ether oxygens (including phenoxy) is 4. The zero-order valence-corrected chi connectivity index (χ0v) is 22.4. The Morgan fingerprint density at radius 1 is 1.00 bits per heavy atom. The van der Waals surface area contributed by atoms with Crippen LogP contribution in [0.5, 0.6) is 5.75 Å². The van der Waals surface area contributed by atoms with Crippen molar-refractivity contribution in [3.05, 3.63) is 30.3 Å². The zero-order chi connectivity index (χ0) is 26.9. The Morgan fingerprint density at radius 3 is 2.19 bits per heavy atom. The molecule has 0 saturated carbocycles. The van der Waals surface area contributed by atoms with Crippen molar-refractivity contribution in [2.45, 2.75) is 65.9 Å². The highest BCUT2D eigenvalue weighted by Crippen LogP contribution is 2.45. The van der Waals surface area contributed by atoms with Crippen LogP contribution in [0.25, 0.3) is 0 Å². The average molecular weight is 530 g/mol. The molecule has 1 fully saturated rings. The maximum absolute atomic E-state index is 13.6. The van der Waals surface area contributed by atoms with Crippen molar-refractivity contribution < 1.29 is 46.9 Å². The van der Waals surface area contributed by atoms with E-state index in [1.165, 1.54) is 6.92 Å². The van der Waals surface area contributed by atoms with Gasteiger partial charge in [-0.25, -0.2) is 4.57 Å². The second-order valence-electron chi connectivity index (χ2n) is 8.86. The number of carbonyl (C=O) groups excluding carboxylic acids is 3. The highest BCUT2D eigenvalue weighted by molar-refractivity contribution is 7.52. The van der Waals surface area contributed by atoms with E-state index in [-0.39, 0.29) is 25.6 Å². The summed E-state index contributed by atoms with van der Waals surface area (Å²) in [5.41, 5.74) is 0. The van der Waals surface area contributed by atoms with Gasteiger partial charge in [0.1, 0.15) is 17.9 Å². The van der Waals surface area contributed by atoms with Gasteiger partial charge in [-0.2, -0.15) is 5.09 Å². The third-order valence-electron chi connectivity index (χ3n) is 5.04. The van der Waals surface area contributed by atoms with Gasteiger partial charge >= 0.3 is 25.7 Å². The fourth-order valence-electron chi connectivity index (χ4n) is 3.04. The van der Waals surface area contributed by atoms with E-state index in [2.05, 4.69) is 5.09 Å². The van der Waals surface area contributed by atoms with Crippen LogP contribution >= 0.6 is 7.75 Å². The summed E-state index contributed by atoms with van der Waals surface area (Å²) in [6, 6.07) is 7.26. The van der Waals surface area contributed by atoms with Crippen molar-refractivity contribution in [1.82, 2.24) is 5.09 Å². The highest BCUT2D eigenvalue weighted by atomic mass is 31.2. The monoisotopic (exact) mass is 529 g/mol. The normalized spacial score (nSPS) is 22.1. The summed E-state index contributed by atoms with van der Waals surface area (Å²) in [6.07, 6.45) is -2.77. The first-order valence-electron chi connectivity index (χ1n) is 11.9. The smallest absolute Gasteiger partial charge is 0.459 e. The molecule has 0 radical (unpaired) electrons. The molecule has 36 heavy (non-hydrogen) atoms. The predicted octanol–water partition coefficient (Wildman–Crippen LogP) is 3.27. The number of hydrogen-bond acceptors (Lipinski definition) is 10. The van der Waals surface area contributed by atoms with Crippen LogP contribution < -0.4 is 9.61 Å². The molecule has 1 aromatic rings. The Bertz CT molecular complexity index is 923. The molecular weight excluding hydrogens is 493 g/mol. The Morgan fingerprint density at radius 2 is 1.61 bits per heavy atom. The lowest BCUT2D eigenvalue weighted by atomic mass is 10.1. The summed E-state index contributed by atoms with van der Waals surface area (Å²) in [6.45, 7) is 9.57. The van der Waals surface area contributed by atoms with Crippen molar-refractivity contribution in [2.24, 2.45) is 11.8 Å². The van der Waals surface area contributed by atoms with Gasteiger partial charge in [-0.15, -0.1) is 0 Å². The van der Waals surface area contributed by atoms with Gasteiger partial charge in [0.25, 0.3) is 0 Å². The Labute approximate surface area is 211 Å². The third kappa shape index (κ3) is 8.89. The van der Waals surface area contributed by atoms with Gasteiger partial charge in [0.2, 0.25) is 0 Å². The van der Waals surface area contributed by atoms with Gasteiger partial charge in [0.05, 0.1) is 31.7 Å². The first-order valence-corrected chi connectivity index (χ1v) is 13.5. The maximum atomic E-state index is 13.6. The standard InChI is InChI=1S/C24H36NO10P/c1-7-30-24(28)17(6)25-36(29,35-18-11-9-8-10-12-18)32-14-19-21(34-23(27)16(4)5)20(13-31-19)33-22(26)15(2)3/h8-12,15-17,19-21H,7,13-14H2,1-6H3,(H,25,29)/t17-,19?,20?,21?,36?/m0/s1. The van der Waals surface area contributed by atoms with E-state index < -0.39 is 61.8 Å². The van der Waals surface area contributed by atoms with Crippen LogP contribution in [0, 0.1) is 11.8 Å². The van der Waals surface area contributed by atoms with E-state index in [0.717, 1.165) is 0 Å². The molecular formula is C24H36NO10P. The number of esters is 3. The average Bonchev–Trinajstić information content (AvgIpc) is 3.19. The molecule has 202 valence electrons. The topological polar surface area (TPSA) is 136 Å². The molecule has 1 heterocycles. The molecule has 1 aliphatic heterocycles. The van der Waals surface area contributed by atoms with Crippen molar-refractivity contribution in [2.75, 3.05) is 19.8 Å². The van der Waals surface area contributed by atoms with Crippen LogP contribution in [0.2, 0.25) is 0 Å². The molecule has 0 spiro atoms. The molecule has 2 rings (SSSR count). The Kier molecular flexibility index (Phi) is 11.4. The number of hydrogen-bond donors (Lipinski definition) is 1. The first kappa shape index (κ1) is 29.8. The number of para-hydroxylation sites is 1. The molecule has 0 aromatic heterocycles. The van der Waals surface area contributed by atoms with Crippen molar-refractivity contribution in [3.63, 3.8) is 0 Å². The molecule has 1 saturated heterocycles. The minimum atomic E-state index is -4.15. The van der Waals surface area contributed by atoms with Crippen molar-refractivity contribution in [3.8, 4) is 5.75 Å². The van der Waals surface area contributed by atoms with E-state index in [9.17, 15) is 18.9 Å². The largest absolute Gasteiger partial charge is 0.465 e. The summed E-state index contributed by atoms with van der Waals surface area (Å²) < 4.78 is 46.6. The quantitative estimate of drug-likeness (QED) is 0.229. The van der Waals surface area contributed by atoms with Crippen LogP contribution in [0.1, 0.15) is 41.5 Å². The van der Waals surface area contributed by atoms with Gasteiger partial charge < -0.3 is 23.5 Å². The minimum absolute atomic E-state index is 0.0426. The summed E-state index contributed by atoms with van der Waals surface area (Å²) >= 11 is 0. The maximum Gasteiger partial charge on any atom is 0.459 e. The van der Waals surface area contributed by atoms with Crippen molar-refractivity contribution >= 4 is 25.7 Å². The number of carbonyl (C=O) groups is 3. The second kappa shape index (κ2) is 13.7. The predicted molar refractivity (Wildman–Crippen MR) is 129 cm³/mol. The number of nitrogens with one attached hydrogen (secondary N) is 1. The SMILES string of the molecule is CCOC(=O)[C@H](C)NP(=O)(OCC1OCC(OC(=O)C(C)C)C1OC(=O)C(C)C)Oc1ccccc1. The Balaban J connectivity index is 2.20. The third-order valence-corrected chi connectivity index (χ3v) is 6.68. The van der Waals surface area contributed by atoms with Gasteiger partial charge in [0.15, 0.2) is 12.2 Å². The summed E-state index contributed by atoms with van der Waals surface area (Å²) in [4.78, 5) is 36.6. The van der Waals surface area contributed by atoms with E-state index in [1.54, 1.807) is 65.0 Å². The molecule has 0 bridgehead atoms. The molecule has 1 N–H and O–H groups in total. The summed E-state index contributed by atoms with van der Waals surface area (Å²) in [5, 5.41) is 2.57. The van der Waals surface area contributed by atoms with Gasteiger partial charge in [-0.1, -0.05) is 45.9 Å². The minimum Gasteiger partial charge on any atom is -0.465 e. The van der Waals surface area contributed by atoms with Crippen LogP contribution in [-0.2, 0) is 42.4 Å². The van der Waals surface area contributed by atoms with Crippen molar-refractivity contribution in [1.29, 1.82) is 0 Å². The number of benzene rings is 1. The second-order valence-corrected chi connectivity index (χ2v) is 10.6. The zero-order valence-electron chi connectivity index (χ0n) is 21.5. The van der Waals surface area contributed by atoms with E-state index in [1.807, 2.05) is 0 Å². The summed E-state index contributed by atoms with van der Waals surface area (Å²) in [7, 11) is -4.15. The van der Waals surface area contributed by atoms with E-state index in [4.69, 9.17) is 28.0 Å². The lowest BCUT2D eigenvalue weighted by Gasteiger charge is -2.27. The molecule has 1 aliphatic rings. The number of rotatable bonds is 13. The van der Waals surface area contributed by atoms with Crippen LogP contribution in [0.15, 0.2) is 30.3 Å². The molecule has 5 atom stereocenters. The fourth-order valence-corrected chi connectivity index (χ4v) is 4.54. The van der Waals surface area contributed by atoms with Crippen LogP contribution in [-0.4, -0.2) is 62.1 Å². The van der Waals surface area contributed by atoms with Crippen LogP contribution in [0.4, 0.5) is 0 Å². The van der Waals surface area contributed by atoms with E-state index in [0.29, 0.717) is 0 Å². The van der Waals surface area contributed by atoms with Gasteiger partial charge in [-0.3, -0.25) is 18.9 Å². The Hall–Kier alpha value is -2.46. The van der Waals surface area contributed by atoms with Gasteiger partial charge in [-0.05, 0) is 26.0 Å². The molecule has 11 nitrogen and oxygen atoms in total. The fraction of sp³-hybridized carbons (Fsp3) is 0.625. The van der Waals surface area contributed by atoms with Gasteiger partial charge in [0, 0.05) is 0 Å². The van der Waals surface area contributed by atoms with Crippen LogP contribution in [0.3, 0.4) is 0 Å². The molecule has 1 aromatic carbocycles. The molecule has 12 heteroatoms. The lowest BCUT2D eigenvalue weighted by Crippen LogP contribution is -2.42. The molecule has 4 unspecified atom stereocenters. The highest BCUT2D eigenvalue weighted by Gasteiger charge is 2.45. The van der Waals surface area contributed by atoms with E-state index >= 15 is 0 Å². The lowest BCUT2D eigenvalue weighted by molar-refractivity contribution is -0.170. The summed E-state index contributed by atoms with van der Waals surface area (Å²) in [5.74, 6) is -2.22. The molecule has 0 aliphatic carbocycles. The first-order chi connectivity index (χ1) is 17.0. The molecule has 0 amide bonds.